The molecule has 1 saturated heterocycles. The van der Waals surface area contributed by atoms with Crippen LogP contribution in [-0.2, 0) is 4.74 Å². The first-order chi connectivity index (χ1) is 15.4. The third-order valence-corrected chi connectivity index (χ3v) is 6.01. The van der Waals surface area contributed by atoms with Crippen LogP contribution in [0.3, 0.4) is 0 Å². The van der Waals surface area contributed by atoms with Crippen LogP contribution in [0.1, 0.15) is 34.7 Å². The lowest BCUT2D eigenvalue weighted by atomic mass is 9.98. The second kappa shape index (κ2) is 8.12. The maximum atomic E-state index is 13.3. The Balaban J connectivity index is 1.55. The van der Waals surface area contributed by atoms with Crippen LogP contribution >= 0.6 is 0 Å². The molecule has 0 amide bonds. The van der Waals surface area contributed by atoms with E-state index in [4.69, 9.17) is 9.47 Å². The minimum atomic E-state index is -3.13. The average Bonchev–Trinajstić information content (AvgIpc) is 3.24. The summed E-state index contributed by atoms with van der Waals surface area (Å²) in [4.78, 5) is 17.2. The number of alkyl halides is 3. The fourth-order valence-corrected chi connectivity index (χ4v) is 4.02. The van der Waals surface area contributed by atoms with Crippen LogP contribution in [-0.4, -0.2) is 48.3 Å². The van der Waals surface area contributed by atoms with Gasteiger partial charge in [0.05, 0.1) is 32.2 Å². The number of ether oxygens (including phenoxy) is 3. The molecule has 2 atom stereocenters. The molecule has 2 aliphatic rings. The van der Waals surface area contributed by atoms with Gasteiger partial charge in [0, 0.05) is 30.0 Å². The lowest BCUT2D eigenvalue weighted by Gasteiger charge is -2.26. The number of rotatable bonds is 8. The molecule has 3 heterocycles. The molecular weight excluding hydrogens is 425 g/mol. The number of ketones is 1. The predicted molar refractivity (Wildman–Crippen MR) is 109 cm³/mol. The van der Waals surface area contributed by atoms with Gasteiger partial charge < -0.3 is 14.2 Å². The van der Waals surface area contributed by atoms with Crippen LogP contribution in [0.2, 0.25) is 0 Å². The monoisotopic (exact) mass is 446 g/mol. The molecule has 1 aromatic carbocycles. The Labute approximate surface area is 181 Å². The molecule has 3 aromatic rings. The van der Waals surface area contributed by atoms with Crippen molar-refractivity contribution in [1.82, 2.24) is 9.38 Å². The molecule has 0 spiro atoms. The molecule has 0 bridgehead atoms. The van der Waals surface area contributed by atoms with E-state index in [1.165, 1.54) is 13.2 Å². The summed E-state index contributed by atoms with van der Waals surface area (Å²) in [5.41, 5.74) is 2.83. The highest BCUT2D eigenvalue weighted by Crippen LogP contribution is 2.42. The number of carbonyl (C=O) groups excluding carboxylic acids is 1. The van der Waals surface area contributed by atoms with E-state index in [-0.39, 0.29) is 29.4 Å². The van der Waals surface area contributed by atoms with E-state index in [9.17, 15) is 18.0 Å². The molecule has 9 heteroatoms. The Morgan fingerprint density at radius 2 is 2.03 bits per heavy atom. The van der Waals surface area contributed by atoms with Crippen molar-refractivity contribution in [1.29, 1.82) is 0 Å². The zero-order valence-electron chi connectivity index (χ0n) is 17.3. The number of benzene rings is 1. The van der Waals surface area contributed by atoms with E-state index in [2.05, 4.69) is 9.72 Å². The first-order valence-electron chi connectivity index (χ1n) is 10.3. The van der Waals surface area contributed by atoms with Crippen molar-refractivity contribution in [3.8, 4) is 22.8 Å². The van der Waals surface area contributed by atoms with Crippen molar-refractivity contribution < 1.29 is 32.2 Å². The molecule has 0 unspecified atom stereocenters. The molecule has 1 aliphatic heterocycles. The molecule has 1 aliphatic carbocycles. The van der Waals surface area contributed by atoms with Gasteiger partial charge in [-0.2, -0.15) is 8.78 Å². The number of pyridine rings is 1. The summed E-state index contributed by atoms with van der Waals surface area (Å²) < 4.78 is 56.7. The number of nitrogens with zero attached hydrogens (tertiary/aromatic N) is 2. The molecule has 168 valence electrons. The minimum Gasteiger partial charge on any atom is -0.496 e. The van der Waals surface area contributed by atoms with Crippen molar-refractivity contribution >= 4 is 11.4 Å². The number of imidazole rings is 1. The maximum Gasteiger partial charge on any atom is 0.387 e. The standard InChI is InChI=1S/C23H21F3N2O4/c1-30-19-6-14(7-20(32-23(25)26)22(19)18(29)5-13-4-16(13)24)17-9-27-21-8-12(2-3-28(17)21)15-10-31-11-15/h2-3,6-9,13,15-16,23H,4-5,10-11H2,1H3/t13-,16-/m0/s1. The lowest BCUT2D eigenvalue weighted by molar-refractivity contribution is -0.0502. The van der Waals surface area contributed by atoms with Crippen LogP contribution in [0.25, 0.3) is 16.9 Å². The summed E-state index contributed by atoms with van der Waals surface area (Å²) >= 11 is 0. The molecule has 32 heavy (non-hydrogen) atoms. The Hall–Kier alpha value is -3.07. The molecule has 2 fully saturated rings. The average molecular weight is 446 g/mol. The van der Waals surface area contributed by atoms with Gasteiger partial charge in [-0.3, -0.25) is 9.20 Å². The number of aromatic nitrogens is 2. The van der Waals surface area contributed by atoms with Crippen molar-refractivity contribution in [3.63, 3.8) is 0 Å². The molecule has 6 nitrogen and oxygen atoms in total. The number of hydrogen-bond acceptors (Lipinski definition) is 5. The Morgan fingerprint density at radius 1 is 1.28 bits per heavy atom. The van der Waals surface area contributed by atoms with Gasteiger partial charge in [-0.1, -0.05) is 0 Å². The van der Waals surface area contributed by atoms with Gasteiger partial charge >= 0.3 is 6.61 Å². The first kappa shape index (κ1) is 20.8. The van der Waals surface area contributed by atoms with E-state index >= 15 is 0 Å². The van der Waals surface area contributed by atoms with E-state index in [1.807, 2.05) is 22.7 Å². The van der Waals surface area contributed by atoms with E-state index in [1.54, 1.807) is 12.3 Å². The zero-order chi connectivity index (χ0) is 22.4. The molecule has 0 N–H and O–H groups in total. The van der Waals surface area contributed by atoms with Crippen LogP contribution in [0.15, 0.2) is 36.7 Å². The van der Waals surface area contributed by atoms with E-state index in [0.29, 0.717) is 42.5 Å². The number of fused-ring (bicyclic) bond motifs is 1. The second-order valence-corrected chi connectivity index (χ2v) is 8.14. The van der Waals surface area contributed by atoms with E-state index < -0.39 is 18.6 Å². The third kappa shape index (κ3) is 3.81. The number of halogens is 3. The van der Waals surface area contributed by atoms with Crippen LogP contribution in [0.5, 0.6) is 11.5 Å². The van der Waals surface area contributed by atoms with Crippen LogP contribution in [0.4, 0.5) is 13.2 Å². The van der Waals surface area contributed by atoms with Gasteiger partial charge in [0.25, 0.3) is 0 Å². The van der Waals surface area contributed by atoms with Gasteiger partial charge in [-0.15, -0.1) is 0 Å². The number of methoxy groups -OCH3 is 1. The number of hydrogen-bond donors (Lipinski definition) is 0. The quantitative estimate of drug-likeness (QED) is 0.471. The maximum absolute atomic E-state index is 13.3. The van der Waals surface area contributed by atoms with Crippen LogP contribution in [0, 0.1) is 5.92 Å². The normalized spacial score (nSPS) is 20.4. The second-order valence-electron chi connectivity index (χ2n) is 8.14. The SMILES string of the molecule is COc1cc(-c2cnc3cc(C4COC4)ccn23)cc(OC(F)F)c1C(=O)C[C@@H]1C[C@@H]1F. The van der Waals surface area contributed by atoms with E-state index in [0.717, 1.165) is 5.56 Å². The van der Waals surface area contributed by atoms with Gasteiger partial charge in [-0.05, 0) is 36.2 Å². The largest absolute Gasteiger partial charge is 0.496 e. The van der Waals surface area contributed by atoms with Crippen molar-refractivity contribution in [2.45, 2.75) is 31.5 Å². The molecule has 0 radical (unpaired) electrons. The summed E-state index contributed by atoms with van der Waals surface area (Å²) in [6.07, 6.45) is 2.67. The predicted octanol–water partition coefficient (Wildman–Crippen LogP) is 4.66. The van der Waals surface area contributed by atoms with Gasteiger partial charge in [-0.25, -0.2) is 9.37 Å². The van der Waals surface area contributed by atoms with Crippen molar-refractivity contribution in [2.24, 2.45) is 5.92 Å². The summed E-state index contributed by atoms with van der Waals surface area (Å²) in [5.74, 6) is -0.738. The van der Waals surface area contributed by atoms with Gasteiger partial charge in [0.15, 0.2) is 5.78 Å². The molecule has 2 aromatic heterocycles. The highest BCUT2D eigenvalue weighted by Gasteiger charge is 2.40. The summed E-state index contributed by atoms with van der Waals surface area (Å²) in [6.45, 7) is -1.78. The Morgan fingerprint density at radius 3 is 2.66 bits per heavy atom. The summed E-state index contributed by atoms with van der Waals surface area (Å²) in [5, 5.41) is 0. The smallest absolute Gasteiger partial charge is 0.387 e. The fourth-order valence-electron chi connectivity index (χ4n) is 4.02. The molecular formula is C23H21F3N2O4. The molecule has 1 saturated carbocycles. The van der Waals surface area contributed by atoms with Gasteiger partial charge in [0.1, 0.15) is 28.9 Å². The topological polar surface area (TPSA) is 62.1 Å². The van der Waals surface area contributed by atoms with Crippen LogP contribution < -0.4 is 9.47 Å². The summed E-state index contributed by atoms with van der Waals surface area (Å²) in [6, 6.07) is 6.90. The zero-order valence-corrected chi connectivity index (χ0v) is 17.3. The third-order valence-electron chi connectivity index (χ3n) is 6.01. The lowest BCUT2D eigenvalue weighted by Crippen LogP contribution is -2.25. The summed E-state index contributed by atoms with van der Waals surface area (Å²) in [7, 11) is 1.35. The number of carbonyl (C=O) groups is 1. The first-order valence-corrected chi connectivity index (χ1v) is 10.3. The Bertz CT molecular complexity index is 1180. The minimum absolute atomic E-state index is 0.0836. The number of Topliss-reactive ketones (excluding diaryl/α,β-unsaturated/α-hetero) is 1. The van der Waals surface area contributed by atoms with Crippen molar-refractivity contribution in [2.75, 3.05) is 20.3 Å². The van der Waals surface area contributed by atoms with Gasteiger partial charge in [0.2, 0.25) is 0 Å². The van der Waals surface area contributed by atoms with Crippen molar-refractivity contribution in [3.05, 3.63) is 47.8 Å². The Kier molecular flexibility index (Phi) is 5.28. The molecule has 5 rings (SSSR count). The fraction of sp³-hybridized carbons (Fsp3) is 0.391. The highest BCUT2D eigenvalue weighted by molar-refractivity contribution is 6.02. The highest BCUT2D eigenvalue weighted by atomic mass is 19.3.